The maximum Gasteiger partial charge on any atom is 0.175 e. The van der Waals surface area contributed by atoms with Gasteiger partial charge in [0.15, 0.2) is 11.5 Å². The van der Waals surface area contributed by atoms with E-state index in [1.165, 1.54) is 0 Å². The van der Waals surface area contributed by atoms with Crippen LogP contribution in [0.2, 0.25) is 5.02 Å². The van der Waals surface area contributed by atoms with Crippen LogP contribution in [0.5, 0.6) is 11.5 Å². The number of hydrogen-bond donors (Lipinski definition) is 1. The Kier molecular flexibility index (Phi) is 10.1. The van der Waals surface area contributed by atoms with E-state index in [4.69, 9.17) is 21.1 Å². The van der Waals surface area contributed by atoms with Gasteiger partial charge in [-0.05, 0) is 83.9 Å². The van der Waals surface area contributed by atoms with Crippen LogP contribution in [-0.4, -0.2) is 38.2 Å². The van der Waals surface area contributed by atoms with Crippen molar-refractivity contribution >= 4 is 27.5 Å². The van der Waals surface area contributed by atoms with Crippen LogP contribution in [0.25, 0.3) is 0 Å². The molecule has 28 heavy (non-hydrogen) atoms. The molecule has 0 saturated carbocycles. The number of methoxy groups -OCH3 is 1. The molecule has 2 aromatic rings. The summed E-state index contributed by atoms with van der Waals surface area (Å²) in [5, 5.41) is 4.23. The molecule has 6 heteroatoms. The summed E-state index contributed by atoms with van der Waals surface area (Å²) in [7, 11) is 1.66. The van der Waals surface area contributed by atoms with Crippen molar-refractivity contribution in [1.29, 1.82) is 0 Å². The van der Waals surface area contributed by atoms with Crippen LogP contribution in [0.4, 0.5) is 0 Å². The third-order valence-corrected chi connectivity index (χ3v) is 5.48. The molecule has 0 heterocycles. The van der Waals surface area contributed by atoms with Gasteiger partial charge in [0.1, 0.15) is 6.61 Å². The van der Waals surface area contributed by atoms with E-state index < -0.39 is 0 Å². The summed E-state index contributed by atoms with van der Waals surface area (Å²) in [6, 6.07) is 11.7. The zero-order chi connectivity index (χ0) is 20.4. The monoisotopic (exact) mass is 468 g/mol. The Morgan fingerprint density at radius 1 is 1.07 bits per heavy atom. The normalized spacial score (nSPS) is 11.1. The molecule has 4 nitrogen and oxygen atoms in total. The van der Waals surface area contributed by atoms with Gasteiger partial charge in [-0.15, -0.1) is 0 Å². The number of nitrogens with one attached hydrogen (secondary N) is 1. The molecule has 0 amide bonds. The molecule has 0 aliphatic carbocycles. The largest absolute Gasteiger partial charge is 0.493 e. The summed E-state index contributed by atoms with van der Waals surface area (Å²) in [6.45, 7) is 10.0. The van der Waals surface area contributed by atoms with Crippen molar-refractivity contribution in [1.82, 2.24) is 10.2 Å². The second kappa shape index (κ2) is 12.3. The zero-order valence-corrected chi connectivity index (χ0v) is 19.3. The topological polar surface area (TPSA) is 33.7 Å². The number of nitrogens with zero attached hydrogens (tertiary/aromatic N) is 1. The molecule has 0 saturated heterocycles. The molecule has 0 atom stereocenters. The van der Waals surface area contributed by atoms with E-state index in [1.807, 2.05) is 30.3 Å². The Morgan fingerprint density at radius 2 is 1.79 bits per heavy atom. The average Bonchev–Trinajstić information content (AvgIpc) is 2.70. The minimum atomic E-state index is 0.453. The van der Waals surface area contributed by atoms with Gasteiger partial charge in [0, 0.05) is 11.6 Å². The number of hydrogen-bond acceptors (Lipinski definition) is 4. The molecular weight excluding hydrogens is 440 g/mol. The predicted molar refractivity (Wildman–Crippen MR) is 121 cm³/mol. The minimum Gasteiger partial charge on any atom is -0.493 e. The summed E-state index contributed by atoms with van der Waals surface area (Å²) in [5.74, 6) is 1.44. The van der Waals surface area contributed by atoms with E-state index in [2.05, 4.69) is 46.1 Å². The summed E-state index contributed by atoms with van der Waals surface area (Å²) < 4.78 is 12.4. The molecule has 2 aromatic carbocycles. The molecule has 154 valence electrons. The van der Waals surface area contributed by atoms with Gasteiger partial charge >= 0.3 is 0 Å². The third kappa shape index (κ3) is 7.28. The Hall–Kier alpha value is -1.27. The van der Waals surface area contributed by atoms with E-state index in [1.54, 1.807) is 7.11 Å². The van der Waals surface area contributed by atoms with Crippen LogP contribution in [-0.2, 0) is 13.2 Å². The molecule has 0 fully saturated rings. The van der Waals surface area contributed by atoms with Crippen molar-refractivity contribution in [2.24, 2.45) is 0 Å². The number of rotatable bonds is 12. The van der Waals surface area contributed by atoms with Gasteiger partial charge in [0.05, 0.1) is 11.6 Å². The highest BCUT2D eigenvalue weighted by Crippen LogP contribution is 2.37. The van der Waals surface area contributed by atoms with Crippen molar-refractivity contribution in [3.8, 4) is 11.5 Å². The van der Waals surface area contributed by atoms with E-state index in [-0.39, 0.29) is 0 Å². The van der Waals surface area contributed by atoms with Crippen molar-refractivity contribution in [3.05, 3.63) is 57.0 Å². The van der Waals surface area contributed by atoms with Crippen molar-refractivity contribution in [3.63, 3.8) is 0 Å². The van der Waals surface area contributed by atoms with Crippen molar-refractivity contribution in [2.45, 2.75) is 33.4 Å². The maximum atomic E-state index is 5.99. The van der Waals surface area contributed by atoms with Crippen LogP contribution in [0.15, 0.2) is 40.9 Å². The Labute approximate surface area is 182 Å². The van der Waals surface area contributed by atoms with Crippen LogP contribution >= 0.6 is 27.5 Å². The van der Waals surface area contributed by atoms with Gasteiger partial charge in [-0.1, -0.05) is 37.6 Å². The van der Waals surface area contributed by atoms with Crippen molar-refractivity contribution < 1.29 is 9.47 Å². The lowest BCUT2D eigenvalue weighted by atomic mass is 10.2. The Morgan fingerprint density at radius 3 is 2.43 bits per heavy atom. The Bertz CT molecular complexity index is 721. The highest BCUT2D eigenvalue weighted by atomic mass is 79.9. The smallest absolute Gasteiger partial charge is 0.175 e. The Balaban J connectivity index is 1.90. The fourth-order valence-corrected chi connectivity index (χ4v) is 3.68. The number of halogens is 2. The molecule has 0 unspecified atom stereocenters. The average molecular weight is 470 g/mol. The first-order chi connectivity index (χ1) is 13.6. The molecule has 0 spiro atoms. The predicted octanol–water partition coefficient (Wildman–Crippen LogP) is 5.51. The fraction of sp³-hybridized carbons (Fsp3) is 0.455. The second-order valence-electron chi connectivity index (χ2n) is 6.58. The second-order valence-corrected chi connectivity index (χ2v) is 7.87. The first kappa shape index (κ1) is 23.0. The van der Waals surface area contributed by atoms with Crippen molar-refractivity contribution in [2.75, 3.05) is 33.3 Å². The van der Waals surface area contributed by atoms with Gasteiger partial charge in [-0.25, -0.2) is 0 Å². The van der Waals surface area contributed by atoms with Gasteiger partial charge in [0.25, 0.3) is 0 Å². The molecule has 0 aromatic heterocycles. The fourth-order valence-electron chi connectivity index (χ4n) is 2.95. The lowest BCUT2D eigenvalue weighted by Crippen LogP contribution is -2.27. The van der Waals surface area contributed by atoms with Crippen LogP contribution in [0.1, 0.15) is 31.4 Å². The first-order valence-corrected chi connectivity index (χ1v) is 10.9. The SMILES string of the molecule is CCN(CC)CCCNCc1cc(Br)c(OCc2ccc(Cl)cc2)c(OC)c1. The summed E-state index contributed by atoms with van der Waals surface area (Å²) >= 11 is 9.56. The molecule has 0 bridgehead atoms. The molecule has 1 N–H and O–H groups in total. The van der Waals surface area contributed by atoms with Crippen LogP contribution in [0, 0.1) is 0 Å². The van der Waals surface area contributed by atoms with E-state index in [0.717, 1.165) is 65.5 Å². The van der Waals surface area contributed by atoms with Crippen LogP contribution < -0.4 is 14.8 Å². The van der Waals surface area contributed by atoms with E-state index in [0.29, 0.717) is 12.4 Å². The number of ether oxygens (including phenoxy) is 2. The summed E-state index contributed by atoms with van der Waals surface area (Å²) in [4.78, 5) is 2.44. The highest BCUT2D eigenvalue weighted by Gasteiger charge is 2.12. The lowest BCUT2D eigenvalue weighted by Gasteiger charge is -2.18. The third-order valence-electron chi connectivity index (χ3n) is 4.64. The standard InChI is InChI=1S/C22H30BrClN2O2/c1-4-26(5-2)12-6-11-25-15-18-13-20(23)22(21(14-18)27-3)28-16-17-7-9-19(24)10-8-17/h7-10,13-14,25H,4-6,11-12,15-16H2,1-3H3. The molecular formula is C22H30BrClN2O2. The van der Waals surface area contributed by atoms with Gasteiger partial charge in [-0.3, -0.25) is 0 Å². The zero-order valence-electron chi connectivity index (χ0n) is 16.9. The van der Waals surface area contributed by atoms with Gasteiger partial charge in [-0.2, -0.15) is 0 Å². The van der Waals surface area contributed by atoms with Gasteiger partial charge < -0.3 is 19.7 Å². The lowest BCUT2D eigenvalue weighted by molar-refractivity contribution is 0.282. The van der Waals surface area contributed by atoms with E-state index in [9.17, 15) is 0 Å². The van der Waals surface area contributed by atoms with Crippen LogP contribution in [0.3, 0.4) is 0 Å². The molecule has 0 aliphatic rings. The minimum absolute atomic E-state index is 0.453. The highest BCUT2D eigenvalue weighted by molar-refractivity contribution is 9.10. The molecule has 0 aliphatic heterocycles. The number of benzene rings is 2. The first-order valence-electron chi connectivity index (χ1n) is 9.74. The molecule has 2 rings (SSSR count). The van der Waals surface area contributed by atoms with E-state index >= 15 is 0 Å². The summed E-state index contributed by atoms with van der Waals surface area (Å²) in [6.07, 6.45) is 1.14. The molecule has 0 radical (unpaired) electrons. The quantitative estimate of drug-likeness (QED) is 0.415. The van der Waals surface area contributed by atoms with Gasteiger partial charge in [0.2, 0.25) is 0 Å². The summed E-state index contributed by atoms with van der Waals surface area (Å²) in [5.41, 5.74) is 2.21. The maximum absolute atomic E-state index is 5.99.